The monoisotopic (exact) mass is 238 g/mol. The van der Waals surface area contributed by atoms with Gasteiger partial charge in [0.2, 0.25) is 0 Å². The summed E-state index contributed by atoms with van der Waals surface area (Å²) in [6.07, 6.45) is 4.01. The molecule has 2 aromatic rings. The van der Waals surface area contributed by atoms with Gasteiger partial charge in [-0.2, -0.15) is 0 Å². The average Bonchev–Trinajstić information content (AvgIpc) is 2.36. The molecule has 92 valence electrons. The number of nitrogens with two attached hydrogens (primary N) is 1. The standard InChI is InChI=1S/C16H18N2/c1-11-14(7-4-8-18-11)16(17)10-13-9-12-5-2-3-6-15(12)13/h2-8,13,16H,9-10,17H2,1H3. The molecule has 0 radical (unpaired) electrons. The molecule has 18 heavy (non-hydrogen) atoms. The number of hydrogen-bond donors (Lipinski definition) is 1. The number of aromatic nitrogens is 1. The van der Waals surface area contributed by atoms with E-state index >= 15 is 0 Å². The molecule has 1 aromatic carbocycles. The van der Waals surface area contributed by atoms with Crippen molar-refractivity contribution in [3.63, 3.8) is 0 Å². The molecule has 2 heteroatoms. The van der Waals surface area contributed by atoms with Crippen molar-refractivity contribution in [1.29, 1.82) is 0 Å². The van der Waals surface area contributed by atoms with Crippen LogP contribution in [-0.4, -0.2) is 4.98 Å². The molecule has 1 heterocycles. The first-order valence-electron chi connectivity index (χ1n) is 6.50. The average molecular weight is 238 g/mol. The molecule has 2 unspecified atom stereocenters. The molecule has 0 saturated carbocycles. The number of benzene rings is 1. The minimum Gasteiger partial charge on any atom is -0.324 e. The number of rotatable bonds is 3. The Morgan fingerprint density at radius 1 is 1.28 bits per heavy atom. The van der Waals surface area contributed by atoms with E-state index in [9.17, 15) is 0 Å². The minimum absolute atomic E-state index is 0.0945. The molecule has 1 aliphatic carbocycles. The Morgan fingerprint density at radius 2 is 2.11 bits per heavy atom. The van der Waals surface area contributed by atoms with Gasteiger partial charge in [0.1, 0.15) is 0 Å². The summed E-state index contributed by atoms with van der Waals surface area (Å²) in [6.45, 7) is 2.03. The fraction of sp³-hybridized carbons (Fsp3) is 0.312. The molecule has 0 bridgehead atoms. The van der Waals surface area contributed by atoms with Crippen LogP contribution in [-0.2, 0) is 6.42 Å². The maximum absolute atomic E-state index is 6.32. The zero-order valence-corrected chi connectivity index (χ0v) is 10.6. The molecular weight excluding hydrogens is 220 g/mol. The van der Waals surface area contributed by atoms with Gasteiger partial charge in [0, 0.05) is 17.9 Å². The van der Waals surface area contributed by atoms with E-state index in [2.05, 4.69) is 35.3 Å². The highest BCUT2D eigenvalue weighted by Crippen LogP contribution is 2.40. The molecule has 0 amide bonds. The van der Waals surface area contributed by atoms with Gasteiger partial charge in [0.15, 0.2) is 0 Å². The van der Waals surface area contributed by atoms with E-state index in [4.69, 9.17) is 5.73 Å². The van der Waals surface area contributed by atoms with E-state index in [0.717, 1.165) is 12.1 Å². The van der Waals surface area contributed by atoms with E-state index in [0.29, 0.717) is 5.92 Å². The van der Waals surface area contributed by atoms with Crippen molar-refractivity contribution < 1.29 is 0 Å². The summed E-state index contributed by atoms with van der Waals surface area (Å²) in [5, 5.41) is 0. The van der Waals surface area contributed by atoms with Crippen molar-refractivity contribution in [1.82, 2.24) is 4.98 Å². The first-order valence-corrected chi connectivity index (χ1v) is 6.50. The third kappa shape index (κ3) is 1.93. The molecule has 1 aliphatic rings. The van der Waals surface area contributed by atoms with Crippen LogP contribution in [0.15, 0.2) is 42.6 Å². The van der Waals surface area contributed by atoms with Crippen molar-refractivity contribution in [3.05, 3.63) is 65.0 Å². The summed E-state index contributed by atoms with van der Waals surface area (Å²) in [5.74, 6) is 0.621. The number of nitrogens with zero attached hydrogens (tertiary/aromatic N) is 1. The highest BCUT2D eigenvalue weighted by molar-refractivity contribution is 5.40. The molecule has 2 nitrogen and oxygen atoms in total. The van der Waals surface area contributed by atoms with Gasteiger partial charge in [-0.15, -0.1) is 0 Å². The van der Waals surface area contributed by atoms with E-state index in [1.54, 1.807) is 0 Å². The normalized spacial score (nSPS) is 18.9. The second kappa shape index (κ2) is 4.54. The van der Waals surface area contributed by atoms with Crippen LogP contribution in [0.3, 0.4) is 0 Å². The molecular formula is C16H18N2. The van der Waals surface area contributed by atoms with Crippen LogP contribution in [0.4, 0.5) is 0 Å². The van der Waals surface area contributed by atoms with Gasteiger partial charge < -0.3 is 5.73 Å². The van der Waals surface area contributed by atoms with Gasteiger partial charge >= 0.3 is 0 Å². The van der Waals surface area contributed by atoms with Crippen molar-refractivity contribution in [2.45, 2.75) is 31.7 Å². The van der Waals surface area contributed by atoms with Crippen LogP contribution in [0.1, 0.15) is 40.8 Å². The van der Waals surface area contributed by atoms with Crippen molar-refractivity contribution in [3.8, 4) is 0 Å². The molecule has 2 atom stereocenters. The minimum atomic E-state index is 0.0945. The van der Waals surface area contributed by atoms with Crippen LogP contribution >= 0.6 is 0 Å². The van der Waals surface area contributed by atoms with Gasteiger partial charge in [0.05, 0.1) is 0 Å². The van der Waals surface area contributed by atoms with Crippen LogP contribution in [0, 0.1) is 6.92 Å². The van der Waals surface area contributed by atoms with Crippen LogP contribution < -0.4 is 5.73 Å². The second-order valence-electron chi connectivity index (χ2n) is 5.12. The fourth-order valence-corrected chi connectivity index (χ4v) is 2.90. The number of pyridine rings is 1. The largest absolute Gasteiger partial charge is 0.324 e. The predicted molar refractivity (Wildman–Crippen MR) is 73.4 cm³/mol. The maximum atomic E-state index is 6.32. The lowest BCUT2D eigenvalue weighted by atomic mass is 9.74. The number of aryl methyl sites for hydroxylation is 1. The highest BCUT2D eigenvalue weighted by atomic mass is 14.7. The molecule has 3 rings (SSSR count). The van der Waals surface area contributed by atoms with Gasteiger partial charge in [-0.05, 0) is 48.4 Å². The Hall–Kier alpha value is -1.67. The second-order valence-corrected chi connectivity index (χ2v) is 5.12. The van der Waals surface area contributed by atoms with Gasteiger partial charge in [-0.25, -0.2) is 0 Å². The Kier molecular flexibility index (Phi) is 2.88. The fourth-order valence-electron chi connectivity index (χ4n) is 2.90. The molecule has 0 spiro atoms. The Bertz CT molecular complexity index is 563. The molecule has 0 fully saturated rings. The smallest absolute Gasteiger partial charge is 0.0420 e. The first-order chi connectivity index (χ1) is 8.75. The van der Waals surface area contributed by atoms with E-state index < -0.39 is 0 Å². The Morgan fingerprint density at radius 3 is 2.89 bits per heavy atom. The van der Waals surface area contributed by atoms with Gasteiger partial charge in [-0.1, -0.05) is 30.3 Å². The van der Waals surface area contributed by atoms with Crippen molar-refractivity contribution in [2.75, 3.05) is 0 Å². The summed E-state index contributed by atoms with van der Waals surface area (Å²) < 4.78 is 0. The maximum Gasteiger partial charge on any atom is 0.0420 e. The van der Waals surface area contributed by atoms with Crippen molar-refractivity contribution in [2.24, 2.45) is 5.73 Å². The lowest BCUT2D eigenvalue weighted by molar-refractivity contribution is 0.496. The van der Waals surface area contributed by atoms with Gasteiger partial charge in [-0.3, -0.25) is 4.98 Å². The lowest BCUT2D eigenvalue weighted by Gasteiger charge is -2.32. The molecule has 2 N–H and O–H groups in total. The summed E-state index contributed by atoms with van der Waals surface area (Å²) in [6, 6.07) is 12.8. The molecule has 0 aliphatic heterocycles. The van der Waals surface area contributed by atoms with E-state index in [-0.39, 0.29) is 6.04 Å². The Labute approximate surface area is 108 Å². The molecule has 1 aromatic heterocycles. The zero-order valence-electron chi connectivity index (χ0n) is 10.6. The number of fused-ring (bicyclic) bond motifs is 1. The zero-order chi connectivity index (χ0) is 12.5. The topological polar surface area (TPSA) is 38.9 Å². The predicted octanol–water partition coefficient (Wildman–Crippen LogP) is 3.12. The molecule has 0 saturated heterocycles. The quantitative estimate of drug-likeness (QED) is 0.892. The summed E-state index contributed by atoms with van der Waals surface area (Å²) >= 11 is 0. The summed E-state index contributed by atoms with van der Waals surface area (Å²) in [7, 11) is 0. The highest BCUT2D eigenvalue weighted by Gasteiger charge is 2.27. The van der Waals surface area contributed by atoms with Crippen LogP contribution in [0.25, 0.3) is 0 Å². The van der Waals surface area contributed by atoms with E-state index in [1.807, 2.05) is 19.2 Å². The van der Waals surface area contributed by atoms with E-state index in [1.165, 1.54) is 23.1 Å². The van der Waals surface area contributed by atoms with Crippen molar-refractivity contribution >= 4 is 0 Å². The lowest BCUT2D eigenvalue weighted by Crippen LogP contribution is -2.23. The number of hydrogen-bond acceptors (Lipinski definition) is 2. The Balaban J connectivity index is 1.74. The van der Waals surface area contributed by atoms with Crippen LogP contribution in [0.5, 0.6) is 0 Å². The van der Waals surface area contributed by atoms with Crippen LogP contribution in [0.2, 0.25) is 0 Å². The summed E-state index contributed by atoms with van der Waals surface area (Å²) in [5.41, 5.74) is 11.5. The SMILES string of the molecule is Cc1ncccc1C(N)CC1Cc2ccccc21. The third-order valence-corrected chi connectivity index (χ3v) is 3.95. The van der Waals surface area contributed by atoms with Gasteiger partial charge in [0.25, 0.3) is 0 Å². The summed E-state index contributed by atoms with van der Waals surface area (Å²) in [4.78, 5) is 4.32. The first kappa shape index (κ1) is 11.4. The third-order valence-electron chi connectivity index (χ3n) is 3.95.